The Bertz CT molecular complexity index is 3780. The average Bonchev–Trinajstić information content (AvgIpc) is 3.19. The molecule has 390 valence electrons. The van der Waals surface area contributed by atoms with E-state index in [4.69, 9.17) is 0 Å². The average molecular weight is 1020 g/mol. The highest BCUT2D eigenvalue weighted by Crippen LogP contribution is 2.65. The van der Waals surface area contributed by atoms with Gasteiger partial charge in [0.25, 0.3) is 0 Å². The van der Waals surface area contributed by atoms with E-state index in [2.05, 4.69) is 292 Å². The Morgan fingerprint density at radius 2 is 0.872 bits per heavy atom. The van der Waals surface area contributed by atoms with Gasteiger partial charge in [-0.05, 0) is 187 Å². The van der Waals surface area contributed by atoms with Crippen LogP contribution < -0.4 is 14.7 Å². The van der Waals surface area contributed by atoms with E-state index < -0.39 is 0 Å². The van der Waals surface area contributed by atoms with Crippen molar-refractivity contribution in [1.29, 1.82) is 0 Å². The maximum absolute atomic E-state index is 2.74. The van der Waals surface area contributed by atoms with Gasteiger partial charge < -0.3 is 14.7 Å². The Kier molecular flexibility index (Phi) is 11.3. The summed E-state index contributed by atoms with van der Waals surface area (Å²) in [5.74, 6) is -0.0840. The molecule has 78 heavy (non-hydrogen) atoms. The summed E-state index contributed by atoms with van der Waals surface area (Å²) in [6, 6.07) is 74.4. The van der Waals surface area contributed by atoms with Gasteiger partial charge in [0.2, 0.25) is 0 Å². The molecule has 9 aromatic carbocycles. The van der Waals surface area contributed by atoms with Crippen molar-refractivity contribution in [2.75, 3.05) is 14.7 Å². The molecule has 3 nitrogen and oxygen atoms in total. The van der Waals surface area contributed by atoms with E-state index in [1.165, 1.54) is 107 Å². The molecule has 1 unspecified atom stereocenters. The van der Waals surface area contributed by atoms with Crippen molar-refractivity contribution in [2.24, 2.45) is 0 Å². The number of para-hydroxylation sites is 2. The highest BCUT2D eigenvalue weighted by atomic mass is 15.2. The third-order valence-electron chi connectivity index (χ3n) is 18.5. The summed E-state index contributed by atoms with van der Waals surface area (Å²) in [6.07, 6.45) is 3.40. The lowest BCUT2D eigenvalue weighted by molar-refractivity contribution is 0.332. The molecule has 0 spiro atoms. The summed E-state index contributed by atoms with van der Waals surface area (Å²) in [4.78, 5) is 7.87. The molecule has 0 N–H and O–H groups in total. The first-order valence-corrected chi connectivity index (χ1v) is 28.6. The topological polar surface area (TPSA) is 9.72 Å². The monoisotopic (exact) mass is 1020 g/mol. The van der Waals surface area contributed by atoms with Crippen molar-refractivity contribution in [1.82, 2.24) is 0 Å². The minimum absolute atomic E-state index is 0.00767. The first-order chi connectivity index (χ1) is 37.2. The molecule has 0 radical (unpaired) electrons. The number of hydrogen-bond acceptors (Lipinski definition) is 3. The minimum atomic E-state index is -0.0840. The van der Waals surface area contributed by atoms with E-state index in [-0.39, 0.29) is 33.0 Å². The van der Waals surface area contributed by atoms with E-state index >= 15 is 0 Å². The molecular formula is C75H75N3. The van der Waals surface area contributed by atoms with Crippen LogP contribution >= 0.6 is 0 Å². The van der Waals surface area contributed by atoms with Crippen molar-refractivity contribution in [2.45, 2.75) is 135 Å². The smallest absolute Gasteiger partial charge is 0.0545 e. The standard InChI is InChI=1S/C75H75N3/c1-48-39-59-61(73(7,8)38-37-72(59,5)6)45-65(48)78-66-46-62-60(74(9,10)47-75(62,11)12)44-58(66)69-57-40-51(49-25-17-13-18-26-49)33-35-64(57)77(63-36-34-52(71(2,3)4)41-56(63)50-27-19-14-20-28-50)67-42-55(43-68(78)70(67)69)76(53-29-21-15-22-30-53)54-31-23-16-24-32-54/h13-36,39-46,69H,37-38,47H2,1-12H3. The molecule has 1 atom stereocenters. The second-order valence-corrected chi connectivity index (χ2v) is 26.8. The summed E-state index contributed by atoms with van der Waals surface area (Å²) < 4.78 is 0. The summed E-state index contributed by atoms with van der Waals surface area (Å²) in [5, 5.41) is 0. The maximum atomic E-state index is 2.74. The fraction of sp³-hybridized carbons (Fsp3) is 0.280. The summed E-state index contributed by atoms with van der Waals surface area (Å²) >= 11 is 0. The molecule has 0 fully saturated rings. The number of aryl methyl sites for hydroxylation is 1. The zero-order valence-corrected chi connectivity index (χ0v) is 48.0. The van der Waals surface area contributed by atoms with Gasteiger partial charge in [-0.2, -0.15) is 0 Å². The van der Waals surface area contributed by atoms with Crippen LogP contribution in [0.3, 0.4) is 0 Å². The van der Waals surface area contributed by atoms with Crippen molar-refractivity contribution in [3.63, 3.8) is 0 Å². The van der Waals surface area contributed by atoms with Crippen LogP contribution in [0, 0.1) is 6.92 Å². The molecule has 13 rings (SSSR count). The molecule has 0 saturated heterocycles. The molecule has 4 aliphatic rings. The number of anilines is 9. The minimum Gasteiger partial charge on any atom is -0.310 e. The van der Waals surface area contributed by atoms with E-state index in [9.17, 15) is 0 Å². The summed E-state index contributed by atoms with van der Waals surface area (Å²) in [7, 11) is 0. The second kappa shape index (κ2) is 17.7. The van der Waals surface area contributed by atoms with Gasteiger partial charge in [0.05, 0.1) is 34.1 Å². The molecule has 9 aromatic rings. The van der Waals surface area contributed by atoms with Crippen LogP contribution in [0.1, 0.15) is 151 Å². The predicted octanol–water partition coefficient (Wildman–Crippen LogP) is 21.2. The first-order valence-electron chi connectivity index (χ1n) is 28.6. The third kappa shape index (κ3) is 7.97. The van der Waals surface area contributed by atoms with Gasteiger partial charge in [0.15, 0.2) is 0 Å². The highest BCUT2D eigenvalue weighted by molar-refractivity contribution is 6.02. The fourth-order valence-electron chi connectivity index (χ4n) is 14.5. The summed E-state index contributed by atoms with van der Waals surface area (Å²) in [6.45, 7) is 29.2. The summed E-state index contributed by atoms with van der Waals surface area (Å²) in [5.41, 5.74) is 28.0. The Balaban J connectivity index is 1.21. The van der Waals surface area contributed by atoms with E-state index in [1.807, 2.05) is 0 Å². The van der Waals surface area contributed by atoms with Crippen LogP contribution in [0.5, 0.6) is 0 Å². The predicted molar refractivity (Wildman–Crippen MR) is 332 cm³/mol. The number of rotatable bonds is 7. The quantitative estimate of drug-likeness (QED) is 0.158. The number of hydrogen-bond donors (Lipinski definition) is 0. The lowest BCUT2D eigenvalue weighted by atomic mass is 9.62. The Hall–Kier alpha value is -7.62. The van der Waals surface area contributed by atoms with E-state index in [1.54, 1.807) is 0 Å². The Morgan fingerprint density at radius 1 is 0.397 bits per heavy atom. The normalized spacial score (nSPS) is 17.8. The van der Waals surface area contributed by atoms with Crippen molar-refractivity contribution in [3.8, 4) is 22.3 Å². The van der Waals surface area contributed by atoms with Gasteiger partial charge in [-0.1, -0.05) is 197 Å². The van der Waals surface area contributed by atoms with Crippen LogP contribution in [0.4, 0.5) is 51.2 Å². The zero-order chi connectivity index (χ0) is 54.3. The molecule has 0 aromatic heterocycles. The molecule has 0 saturated carbocycles. The van der Waals surface area contributed by atoms with Gasteiger partial charge in [-0.15, -0.1) is 0 Å². The molecule has 3 heteroatoms. The van der Waals surface area contributed by atoms with Crippen molar-refractivity contribution >= 4 is 51.2 Å². The second-order valence-electron chi connectivity index (χ2n) is 26.8. The fourth-order valence-corrected chi connectivity index (χ4v) is 14.5. The van der Waals surface area contributed by atoms with Crippen LogP contribution in [-0.2, 0) is 27.1 Å². The van der Waals surface area contributed by atoms with Crippen LogP contribution in [0.2, 0.25) is 0 Å². The van der Waals surface area contributed by atoms with Crippen molar-refractivity contribution < 1.29 is 0 Å². The number of benzene rings is 9. The van der Waals surface area contributed by atoms with E-state index in [0.717, 1.165) is 35.6 Å². The Morgan fingerprint density at radius 3 is 1.45 bits per heavy atom. The van der Waals surface area contributed by atoms with Gasteiger partial charge in [-0.3, -0.25) is 0 Å². The van der Waals surface area contributed by atoms with Gasteiger partial charge in [0, 0.05) is 34.1 Å². The lowest BCUT2D eigenvalue weighted by Crippen LogP contribution is -2.35. The molecule has 0 amide bonds. The zero-order valence-electron chi connectivity index (χ0n) is 48.0. The molecular weight excluding hydrogens is 943 g/mol. The van der Waals surface area contributed by atoms with Crippen molar-refractivity contribution in [3.05, 3.63) is 244 Å². The molecule has 2 heterocycles. The Labute approximate surface area is 465 Å². The number of nitrogens with zero attached hydrogens (tertiary/aromatic N) is 3. The van der Waals surface area contributed by atoms with E-state index in [0.29, 0.717) is 0 Å². The highest BCUT2D eigenvalue weighted by Gasteiger charge is 2.48. The largest absolute Gasteiger partial charge is 0.310 e. The van der Waals surface area contributed by atoms with Gasteiger partial charge in [0.1, 0.15) is 0 Å². The van der Waals surface area contributed by atoms with Crippen LogP contribution in [0.15, 0.2) is 194 Å². The van der Waals surface area contributed by atoms with Gasteiger partial charge >= 0.3 is 0 Å². The van der Waals surface area contributed by atoms with Crippen LogP contribution in [0.25, 0.3) is 22.3 Å². The maximum Gasteiger partial charge on any atom is 0.0545 e. The molecule has 0 bridgehead atoms. The SMILES string of the molecule is Cc1cc2c(cc1N1c3cc4c(cc3C3c5cc(-c6ccccc6)ccc5N(c5ccc(C(C)(C)C)cc5-c5ccccc5)c5cc(N(c6ccccc6)c6ccccc6)cc1c53)C(C)(C)CC4(C)C)C(C)(C)CCC2(C)C. The number of fused-ring (bicyclic) bond motifs is 6. The van der Waals surface area contributed by atoms with Gasteiger partial charge in [-0.25, -0.2) is 0 Å². The molecule has 2 aliphatic heterocycles. The first kappa shape index (κ1) is 49.9. The molecule has 2 aliphatic carbocycles. The lowest BCUT2D eigenvalue weighted by Gasteiger charge is -2.48. The third-order valence-corrected chi connectivity index (χ3v) is 18.5. The van der Waals surface area contributed by atoms with Crippen LogP contribution in [-0.4, -0.2) is 0 Å².